The second kappa shape index (κ2) is 6.52. The van der Waals surface area contributed by atoms with E-state index in [2.05, 4.69) is 40.0 Å². The zero-order valence-corrected chi connectivity index (χ0v) is 10.9. The molecule has 0 spiro atoms. The van der Waals surface area contributed by atoms with E-state index in [4.69, 9.17) is 0 Å². The van der Waals surface area contributed by atoms with E-state index in [9.17, 15) is 4.79 Å². The van der Waals surface area contributed by atoms with Crippen LogP contribution in [0.1, 0.15) is 18.4 Å². The highest BCUT2D eigenvalue weighted by atomic mass is 16.2. The Morgan fingerprint density at radius 2 is 2.17 bits per heavy atom. The molecule has 4 nitrogen and oxygen atoms in total. The van der Waals surface area contributed by atoms with Crippen LogP contribution in [0.25, 0.3) is 0 Å². The summed E-state index contributed by atoms with van der Waals surface area (Å²) in [5, 5.41) is 0. The molecular weight excluding hydrogens is 226 g/mol. The summed E-state index contributed by atoms with van der Waals surface area (Å²) >= 11 is 0. The minimum atomic E-state index is 0.106. The highest BCUT2D eigenvalue weighted by Crippen LogP contribution is 2.18. The number of hydrogen-bond donors (Lipinski definition) is 2. The molecule has 0 saturated carbocycles. The number of rotatable bonds is 4. The summed E-state index contributed by atoms with van der Waals surface area (Å²) < 4.78 is 0. The van der Waals surface area contributed by atoms with Gasteiger partial charge in [0.05, 0.1) is 5.92 Å². The average molecular weight is 247 g/mol. The number of piperidine rings is 1. The van der Waals surface area contributed by atoms with E-state index in [0.717, 1.165) is 32.5 Å². The normalized spacial score (nSPS) is 20.6. The number of hydrazine groups is 1. The van der Waals surface area contributed by atoms with Crippen molar-refractivity contribution in [3.05, 3.63) is 35.9 Å². The third-order valence-electron chi connectivity index (χ3n) is 3.37. The standard InChI is InChI=1S/C14H21N3O/c1-15-16-14(18)13-8-5-9-17(11-13)10-12-6-3-2-4-7-12/h2-4,6-7,13,15H,5,8-11H2,1H3,(H,16,18). The Hall–Kier alpha value is -1.39. The lowest BCUT2D eigenvalue weighted by molar-refractivity contribution is -0.127. The third kappa shape index (κ3) is 3.55. The predicted octanol–water partition coefficient (Wildman–Crippen LogP) is 1.15. The second-order valence-corrected chi connectivity index (χ2v) is 4.80. The SMILES string of the molecule is CNNC(=O)C1CCCN(Cc2ccccc2)C1. The Morgan fingerprint density at radius 3 is 2.89 bits per heavy atom. The first kappa shape index (κ1) is 13.1. The molecule has 1 aromatic rings. The van der Waals surface area contributed by atoms with Gasteiger partial charge in [0, 0.05) is 20.1 Å². The van der Waals surface area contributed by atoms with E-state index >= 15 is 0 Å². The summed E-state index contributed by atoms with van der Waals surface area (Å²) in [7, 11) is 1.72. The van der Waals surface area contributed by atoms with Gasteiger partial charge >= 0.3 is 0 Å². The highest BCUT2D eigenvalue weighted by Gasteiger charge is 2.25. The van der Waals surface area contributed by atoms with E-state index in [1.165, 1.54) is 5.56 Å². The minimum Gasteiger partial charge on any atom is -0.298 e. The van der Waals surface area contributed by atoms with E-state index in [1.54, 1.807) is 7.05 Å². The van der Waals surface area contributed by atoms with Crippen molar-refractivity contribution < 1.29 is 4.79 Å². The van der Waals surface area contributed by atoms with Crippen molar-refractivity contribution in [1.82, 2.24) is 15.8 Å². The Bertz CT molecular complexity index is 380. The van der Waals surface area contributed by atoms with Crippen molar-refractivity contribution in [2.24, 2.45) is 5.92 Å². The molecule has 1 atom stereocenters. The van der Waals surface area contributed by atoms with E-state index in [0.29, 0.717) is 0 Å². The molecule has 1 aliphatic heterocycles. The highest BCUT2D eigenvalue weighted by molar-refractivity contribution is 5.78. The molecule has 1 aliphatic rings. The number of nitrogens with zero attached hydrogens (tertiary/aromatic N) is 1. The van der Waals surface area contributed by atoms with Crippen LogP contribution in [0.2, 0.25) is 0 Å². The number of hydrogen-bond acceptors (Lipinski definition) is 3. The average Bonchev–Trinajstić information content (AvgIpc) is 2.40. The second-order valence-electron chi connectivity index (χ2n) is 4.80. The third-order valence-corrected chi connectivity index (χ3v) is 3.37. The lowest BCUT2D eigenvalue weighted by Crippen LogP contribution is -2.45. The molecule has 1 saturated heterocycles. The molecule has 1 heterocycles. The monoisotopic (exact) mass is 247 g/mol. The van der Waals surface area contributed by atoms with Gasteiger partial charge in [-0.15, -0.1) is 0 Å². The van der Waals surface area contributed by atoms with Crippen molar-refractivity contribution in [1.29, 1.82) is 0 Å². The molecular formula is C14H21N3O. The minimum absolute atomic E-state index is 0.106. The molecule has 0 aromatic heterocycles. The Morgan fingerprint density at radius 1 is 1.39 bits per heavy atom. The van der Waals surface area contributed by atoms with Crippen LogP contribution in [-0.2, 0) is 11.3 Å². The van der Waals surface area contributed by atoms with Gasteiger partial charge in [0.25, 0.3) is 0 Å². The number of nitrogens with one attached hydrogen (secondary N) is 2. The first-order chi connectivity index (χ1) is 8.79. The van der Waals surface area contributed by atoms with Crippen molar-refractivity contribution in [2.45, 2.75) is 19.4 Å². The van der Waals surface area contributed by atoms with Gasteiger partial charge in [-0.1, -0.05) is 30.3 Å². The fourth-order valence-corrected chi connectivity index (χ4v) is 2.48. The van der Waals surface area contributed by atoms with Crippen LogP contribution in [0, 0.1) is 5.92 Å². The number of likely N-dealkylation sites (tertiary alicyclic amines) is 1. The van der Waals surface area contributed by atoms with Crippen LogP contribution in [0.4, 0.5) is 0 Å². The fourth-order valence-electron chi connectivity index (χ4n) is 2.48. The maximum absolute atomic E-state index is 11.8. The lowest BCUT2D eigenvalue weighted by Gasteiger charge is -2.31. The van der Waals surface area contributed by atoms with Crippen molar-refractivity contribution >= 4 is 5.91 Å². The van der Waals surface area contributed by atoms with Crippen molar-refractivity contribution in [3.63, 3.8) is 0 Å². The molecule has 18 heavy (non-hydrogen) atoms. The quantitative estimate of drug-likeness (QED) is 0.785. The molecule has 1 amide bonds. The molecule has 0 radical (unpaired) electrons. The number of benzene rings is 1. The molecule has 4 heteroatoms. The van der Waals surface area contributed by atoms with Crippen LogP contribution in [0.3, 0.4) is 0 Å². The van der Waals surface area contributed by atoms with Crippen LogP contribution >= 0.6 is 0 Å². The zero-order chi connectivity index (χ0) is 12.8. The van der Waals surface area contributed by atoms with Crippen LogP contribution in [0.5, 0.6) is 0 Å². The summed E-state index contributed by atoms with van der Waals surface area (Å²) in [4.78, 5) is 14.2. The van der Waals surface area contributed by atoms with E-state index < -0.39 is 0 Å². The maximum atomic E-state index is 11.8. The van der Waals surface area contributed by atoms with Gasteiger partial charge in [0.1, 0.15) is 0 Å². The first-order valence-corrected chi connectivity index (χ1v) is 6.52. The summed E-state index contributed by atoms with van der Waals surface area (Å²) in [6.45, 7) is 2.87. The summed E-state index contributed by atoms with van der Waals surface area (Å²) in [5.74, 6) is 0.213. The molecule has 2 rings (SSSR count). The Balaban J connectivity index is 1.89. The Kier molecular flexibility index (Phi) is 4.73. The molecule has 0 aliphatic carbocycles. The zero-order valence-electron chi connectivity index (χ0n) is 10.9. The molecule has 98 valence electrons. The van der Waals surface area contributed by atoms with Gasteiger partial charge in [-0.3, -0.25) is 15.1 Å². The van der Waals surface area contributed by atoms with Gasteiger partial charge in [0.2, 0.25) is 5.91 Å². The topological polar surface area (TPSA) is 44.4 Å². The van der Waals surface area contributed by atoms with Crippen LogP contribution in [0.15, 0.2) is 30.3 Å². The molecule has 1 unspecified atom stereocenters. The van der Waals surface area contributed by atoms with E-state index in [-0.39, 0.29) is 11.8 Å². The largest absolute Gasteiger partial charge is 0.298 e. The van der Waals surface area contributed by atoms with E-state index in [1.807, 2.05) is 6.07 Å². The predicted molar refractivity (Wildman–Crippen MR) is 71.6 cm³/mol. The smallest absolute Gasteiger partial charge is 0.238 e. The summed E-state index contributed by atoms with van der Waals surface area (Å²) in [5.41, 5.74) is 6.71. The molecule has 0 bridgehead atoms. The number of amides is 1. The van der Waals surface area contributed by atoms with Gasteiger partial charge in [-0.05, 0) is 24.9 Å². The van der Waals surface area contributed by atoms with Crippen molar-refractivity contribution in [3.8, 4) is 0 Å². The van der Waals surface area contributed by atoms with Crippen LogP contribution in [-0.4, -0.2) is 30.9 Å². The summed E-state index contributed by atoms with van der Waals surface area (Å²) in [6, 6.07) is 10.4. The Labute approximate surface area is 108 Å². The van der Waals surface area contributed by atoms with Crippen LogP contribution < -0.4 is 10.9 Å². The molecule has 1 fully saturated rings. The van der Waals surface area contributed by atoms with Gasteiger partial charge < -0.3 is 0 Å². The van der Waals surface area contributed by atoms with Gasteiger partial charge in [-0.2, -0.15) is 0 Å². The van der Waals surface area contributed by atoms with Crippen molar-refractivity contribution in [2.75, 3.05) is 20.1 Å². The van der Waals surface area contributed by atoms with Gasteiger partial charge in [-0.25, -0.2) is 5.43 Å². The maximum Gasteiger partial charge on any atom is 0.238 e. The molecule has 2 N–H and O–H groups in total. The number of carbonyl (C=O) groups excluding carboxylic acids is 1. The number of carbonyl (C=O) groups is 1. The molecule has 1 aromatic carbocycles. The lowest BCUT2D eigenvalue weighted by atomic mass is 9.97. The summed E-state index contributed by atoms with van der Waals surface area (Å²) in [6.07, 6.45) is 2.08. The fraction of sp³-hybridized carbons (Fsp3) is 0.500. The van der Waals surface area contributed by atoms with Gasteiger partial charge in [0.15, 0.2) is 0 Å². The first-order valence-electron chi connectivity index (χ1n) is 6.52.